The third-order valence-corrected chi connectivity index (χ3v) is 9.33. The lowest BCUT2D eigenvalue weighted by Gasteiger charge is -2.39. The number of nitrogens with two attached hydrogens (primary N) is 2. The van der Waals surface area contributed by atoms with Gasteiger partial charge in [-0.05, 0) is 75.9 Å². The Morgan fingerprint density at radius 1 is 1.24 bits per heavy atom. The average Bonchev–Trinajstić information content (AvgIpc) is 3.48. The predicted octanol–water partition coefficient (Wildman–Crippen LogP) is 5.74. The fourth-order valence-corrected chi connectivity index (χ4v) is 5.78. The molecule has 0 radical (unpaired) electrons. The standard InChI is InChI=1S/C33H41ClFN9O2/c1-18-14-38-27(43-30(45)39-17-31(2,3)46)13-21(18)19-11-25-28(42-26-9-10-33(6,37)32(26,4)5)22(15-40-44(25)16-19)29(36)41-24-12-20(35)7-8-23(24)34/h7-8,11-16,26,42,46H,9-10,17,37H2,1-6H3,(H2,36,41)(H2,38,39,43,45)/t26-,33+/m1/s1. The molecule has 3 heterocycles. The number of amides is 2. The van der Waals surface area contributed by atoms with Crippen molar-refractivity contribution in [3.63, 3.8) is 0 Å². The van der Waals surface area contributed by atoms with E-state index in [9.17, 15) is 14.3 Å². The van der Waals surface area contributed by atoms with Crippen LogP contribution in [-0.2, 0) is 0 Å². The second kappa shape index (κ2) is 12.2. The van der Waals surface area contributed by atoms with Crippen LogP contribution in [-0.4, -0.2) is 55.3 Å². The van der Waals surface area contributed by atoms with Crippen molar-refractivity contribution in [2.75, 3.05) is 17.2 Å². The number of aryl methyl sites for hydroxylation is 1. The van der Waals surface area contributed by atoms with Gasteiger partial charge in [-0.15, -0.1) is 0 Å². The number of benzene rings is 1. The number of amidine groups is 1. The fraction of sp³-hybridized carbons (Fsp3) is 0.394. The minimum absolute atomic E-state index is 0.00256. The molecule has 5 rings (SSSR count). The summed E-state index contributed by atoms with van der Waals surface area (Å²) < 4.78 is 15.8. The van der Waals surface area contributed by atoms with Gasteiger partial charge in [-0.25, -0.2) is 23.7 Å². The lowest BCUT2D eigenvalue weighted by molar-refractivity contribution is 0.0826. The van der Waals surface area contributed by atoms with E-state index in [1.165, 1.54) is 18.2 Å². The molecule has 2 amide bonds. The Kier molecular flexibility index (Phi) is 8.75. The van der Waals surface area contributed by atoms with Crippen molar-refractivity contribution in [3.8, 4) is 11.1 Å². The van der Waals surface area contributed by atoms with Crippen molar-refractivity contribution in [1.82, 2.24) is 19.9 Å². The van der Waals surface area contributed by atoms with Gasteiger partial charge >= 0.3 is 6.03 Å². The first-order valence-electron chi connectivity index (χ1n) is 15.1. The van der Waals surface area contributed by atoms with Crippen LogP contribution >= 0.6 is 11.6 Å². The van der Waals surface area contributed by atoms with Gasteiger partial charge < -0.3 is 27.2 Å². The number of fused-ring (bicyclic) bond motifs is 1. The predicted molar refractivity (Wildman–Crippen MR) is 181 cm³/mol. The zero-order valence-electron chi connectivity index (χ0n) is 26.9. The van der Waals surface area contributed by atoms with Gasteiger partial charge in [0.2, 0.25) is 0 Å². The van der Waals surface area contributed by atoms with Crippen LogP contribution in [0.25, 0.3) is 16.6 Å². The van der Waals surface area contributed by atoms with Crippen molar-refractivity contribution >= 4 is 46.2 Å². The number of aliphatic imine (C=N–C) groups is 1. The van der Waals surface area contributed by atoms with E-state index in [2.05, 4.69) is 51.8 Å². The van der Waals surface area contributed by atoms with Gasteiger partial charge in [0.15, 0.2) is 0 Å². The Hall–Kier alpha value is -4.26. The third-order valence-electron chi connectivity index (χ3n) is 9.01. The molecule has 0 unspecified atom stereocenters. The quantitative estimate of drug-likeness (QED) is 0.104. The number of aromatic nitrogens is 3. The summed E-state index contributed by atoms with van der Waals surface area (Å²) in [5, 5.41) is 23.9. The minimum atomic E-state index is -1.05. The molecular formula is C33H41ClFN9O2. The van der Waals surface area contributed by atoms with Crippen molar-refractivity contribution in [2.45, 2.75) is 71.6 Å². The Labute approximate surface area is 272 Å². The van der Waals surface area contributed by atoms with E-state index >= 15 is 0 Å². The summed E-state index contributed by atoms with van der Waals surface area (Å²) in [7, 11) is 0. The molecule has 1 aromatic carbocycles. The number of nitrogens with one attached hydrogen (secondary N) is 3. The fourth-order valence-electron chi connectivity index (χ4n) is 5.62. The summed E-state index contributed by atoms with van der Waals surface area (Å²) in [6.45, 7) is 11.6. The molecular weight excluding hydrogens is 609 g/mol. The van der Waals surface area contributed by atoms with E-state index in [0.717, 1.165) is 35.0 Å². The summed E-state index contributed by atoms with van der Waals surface area (Å²) in [5.74, 6) is -0.0255. The van der Waals surface area contributed by atoms with Crippen LogP contribution in [0.4, 0.5) is 26.4 Å². The number of nitrogens with zero attached hydrogens (tertiary/aromatic N) is 4. The lowest BCUT2D eigenvalue weighted by Crippen LogP contribution is -2.51. The molecule has 11 nitrogen and oxygen atoms in total. The largest absolute Gasteiger partial charge is 0.389 e. The van der Waals surface area contributed by atoms with E-state index in [0.29, 0.717) is 17.1 Å². The Balaban J connectivity index is 1.58. The normalized spacial score (nSPS) is 19.8. The number of carbonyl (C=O) groups is 1. The van der Waals surface area contributed by atoms with Gasteiger partial charge in [-0.1, -0.05) is 25.4 Å². The first-order chi connectivity index (χ1) is 21.4. The minimum Gasteiger partial charge on any atom is -0.389 e. The molecule has 0 aliphatic heterocycles. The van der Waals surface area contributed by atoms with E-state index in [1.807, 2.05) is 19.2 Å². The molecule has 0 bridgehead atoms. The van der Waals surface area contributed by atoms with Crippen LogP contribution in [0.5, 0.6) is 0 Å². The highest BCUT2D eigenvalue weighted by Gasteiger charge is 2.49. The average molecular weight is 650 g/mol. The number of urea groups is 1. The van der Waals surface area contributed by atoms with E-state index < -0.39 is 23.0 Å². The maximum absolute atomic E-state index is 14.0. The number of aliphatic hydroxyl groups is 1. The molecule has 8 N–H and O–H groups in total. The second-order valence-corrected chi connectivity index (χ2v) is 13.9. The van der Waals surface area contributed by atoms with E-state index in [1.54, 1.807) is 36.8 Å². The zero-order chi connectivity index (χ0) is 33.6. The number of hydrogen-bond donors (Lipinski definition) is 6. The molecule has 1 saturated carbocycles. The zero-order valence-corrected chi connectivity index (χ0v) is 27.6. The maximum atomic E-state index is 14.0. The number of carbonyl (C=O) groups excluding carboxylic acids is 1. The molecule has 2 atom stereocenters. The smallest absolute Gasteiger partial charge is 0.320 e. The van der Waals surface area contributed by atoms with Crippen molar-refractivity contribution in [1.29, 1.82) is 0 Å². The van der Waals surface area contributed by atoms with Gasteiger partial charge in [0.1, 0.15) is 17.5 Å². The Morgan fingerprint density at radius 2 is 1.98 bits per heavy atom. The highest BCUT2D eigenvalue weighted by Crippen LogP contribution is 2.46. The molecule has 1 fully saturated rings. The van der Waals surface area contributed by atoms with Gasteiger partial charge in [0.25, 0.3) is 0 Å². The van der Waals surface area contributed by atoms with Crippen LogP contribution in [0.1, 0.15) is 58.6 Å². The van der Waals surface area contributed by atoms with Crippen LogP contribution in [0.3, 0.4) is 0 Å². The molecule has 1 aliphatic rings. The first-order valence-corrected chi connectivity index (χ1v) is 15.4. The molecule has 0 saturated heterocycles. The van der Waals surface area contributed by atoms with Crippen LogP contribution in [0, 0.1) is 18.2 Å². The topological polar surface area (TPSA) is 168 Å². The summed E-state index contributed by atoms with van der Waals surface area (Å²) in [6.07, 6.45) is 6.85. The molecule has 4 aromatic rings. The van der Waals surface area contributed by atoms with Gasteiger partial charge in [-0.2, -0.15) is 5.10 Å². The first kappa shape index (κ1) is 33.1. The number of pyridine rings is 1. The third kappa shape index (κ3) is 6.79. The lowest BCUT2D eigenvalue weighted by atomic mass is 9.75. The van der Waals surface area contributed by atoms with E-state index in [4.69, 9.17) is 23.1 Å². The van der Waals surface area contributed by atoms with E-state index in [-0.39, 0.29) is 34.5 Å². The molecule has 3 aromatic heterocycles. The van der Waals surface area contributed by atoms with Crippen LogP contribution in [0.2, 0.25) is 5.02 Å². The summed E-state index contributed by atoms with van der Waals surface area (Å²) in [5.41, 5.74) is 16.3. The molecule has 13 heteroatoms. The van der Waals surface area contributed by atoms with Gasteiger partial charge in [-0.3, -0.25) is 5.32 Å². The van der Waals surface area contributed by atoms with Crippen molar-refractivity contribution in [2.24, 2.45) is 21.9 Å². The maximum Gasteiger partial charge on any atom is 0.320 e. The van der Waals surface area contributed by atoms with Crippen LogP contribution in [0.15, 0.2) is 53.9 Å². The SMILES string of the molecule is Cc1cnc(NC(=O)NCC(C)(C)O)cc1-c1cc2c(N[C@@H]3CC[C@](C)(N)C3(C)C)c(C(N)=Nc3cc(F)ccc3Cl)cnn2c1. The molecule has 1 aliphatic carbocycles. The monoisotopic (exact) mass is 649 g/mol. The van der Waals surface area contributed by atoms with Crippen LogP contribution < -0.4 is 27.4 Å². The van der Waals surface area contributed by atoms with Gasteiger partial charge in [0, 0.05) is 47.6 Å². The number of hydrogen-bond acceptors (Lipinski definition) is 7. The number of anilines is 2. The van der Waals surface area contributed by atoms with Crippen molar-refractivity contribution in [3.05, 3.63) is 70.9 Å². The second-order valence-electron chi connectivity index (χ2n) is 13.5. The summed E-state index contributed by atoms with van der Waals surface area (Å²) >= 11 is 6.31. The van der Waals surface area contributed by atoms with Crippen molar-refractivity contribution < 1.29 is 14.3 Å². The Bertz CT molecular complexity index is 1830. The highest BCUT2D eigenvalue weighted by atomic mass is 35.5. The molecule has 244 valence electrons. The van der Waals surface area contributed by atoms with Gasteiger partial charge in [0.05, 0.1) is 39.3 Å². The highest BCUT2D eigenvalue weighted by molar-refractivity contribution is 6.33. The Morgan fingerprint density at radius 3 is 2.65 bits per heavy atom. The number of rotatable bonds is 8. The molecule has 46 heavy (non-hydrogen) atoms. The number of halogens is 2. The molecule has 0 spiro atoms. The summed E-state index contributed by atoms with van der Waals surface area (Å²) in [6, 6.07) is 7.20. The summed E-state index contributed by atoms with van der Waals surface area (Å²) in [4.78, 5) is 21.3.